The number of halogens is 2. The first-order valence-corrected chi connectivity index (χ1v) is 8.43. The van der Waals surface area contributed by atoms with Crippen LogP contribution in [0, 0.1) is 10.1 Å². The van der Waals surface area contributed by atoms with Crippen molar-refractivity contribution in [1.82, 2.24) is 4.90 Å². The molecule has 0 saturated carbocycles. The van der Waals surface area contributed by atoms with Crippen LogP contribution in [0.2, 0.25) is 10.0 Å². The Balaban J connectivity index is 1.71. The second-order valence-corrected chi connectivity index (χ2v) is 6.48. The van der Waals surface area contributed by atoms with Crippen molar-refractivity contribution in [3.05, 3.63) is 67.7 Å². The minimum absolute atomic E-state index is 0.0460. The molecule has 2 aromatic rings. The number of rotatable bonds is 5. The Labute approximate surface area is 162 Å². The van der Waals surface area contributed by atoms with E-state index in [1.807, 2.05) is 0 Å². The van der Waals surface area contributed by atoms with Crippen LogP contribution in [0.25, 0.3) is 0 Å². The van der Waals surface area contributed by atoms with Crippen LogP contribution >= 0.6 is 23.2 Å². The van der Waals surface area contributed by atoms with Gasteiger partial charge in [0.25, 0.3) is 17.5 Å². The minimum Gasteiger partial charge on any atom is -0.325 e. The summed E-state index contributed by atoms with van der Waals surface area (Å²) in [5.74, 6) is -1.94. The van der Waals surface area contributed by atoms with Gasteiger partial charge < -0.3 is 5.32 Å². The van der Waals surface area contributed by atoms with Crippen molar-refractivity contribution in [3.8, 4) is 0 Å². The predicted octanol–water partition coefficient (Wildman–Crippen LogP) is 3.53. The second kappa shape index (κ2) is 7.34. The summed E-state index contributed by atoms with van der Waals surface area (Å²) in [5.41, 5.74) is -0.404. The van der Waals surface area contributed by atoms with Gasteiger partial charge >= 0.3 is 0 Å². The number of amides is 3. The summed E-state index contributed by atoms with van der Waals surface area (Å²) in [6.45, 7) is -0.222. The number of anilines is 1. The van der Waals surface area contributed by atoms with Crippen LogP contribution in [-0.2, 0) is 4.79 Å². The normalized spacial score (nSPS) is 12.9. The largest absolute Gasteiger partial charge is 0.325 e. The van der Waals surface area contributed by atoms with Crippen LogP contribution in [0.3, 0.4) is 0 Å². The van der Waals surface area contributed by atoms with Crippen LogP contribution in [0.4, 0.5) is 11.4 Å². The number of nitrogens with one attached hydrogen (secondary N) is 1. The Kier molecular flexibility index (Phi) is 5.11. The van der Waals surface area contributed by atoms with Crippen LogP contribution in [0.1, 0.15) is 27.1 Å². The molecular weight excluding hydrogens is 397 g/mol. The molecule has 0 spiro atoms. The monoisotopic (exact) mass is 407 g/mol. The Morgan fingerprint density at radius 2 is 1.89 bits per heavy atom. The highest BCUT2D eigenvalue weighted by molar-refractivity contribution is 6.36. The highest BCUT2D eigenvalue weighted by atomic mass is 35.5. The molecule has 10 heteroatoms. The number of nitrogens with zero attached hydrogens (tertiary/aromatic N) is 2. The van der Waals surface area contributed by atoms with Gasteiger partial charge in [-0.15, -0.1) is 0 Å². The number of carbonyl (C=O) groups excluding carboxylic acids is 3. The van der Waals surface area contributed by atoms with Gasteiger partial charge in [-0.05, 0) is 24.3 Å². The molecule has 0 fully saturated rings. The SMILES string of the molecule is O=C(CCN1C(=O)c2cccc([N+](=O)[O-])c2C1=O)Nc1ccc(Cl)cc1Cl. The summed E-state index contributed by atoms with van der Waals surface area (Å²) in [7, 11) is 0. The first-order chi connectivity index (χ1) is 12.8. The molecule has 1 aliphatic rings. The van der Waals surface area contributed by atoms with E-state index in [4.69, 9.17) is 23.2 Å². The maximum atomic E-state index is 12.4. The van der Waals surface area contributed by atoms with Crippen LogP contribution in [-0.4, -0.2) is 34.1 Å². The maximum absolute atomic E-state index is 12.4. The van der Waals surface area contributed by atoms with E-state index in [1.54, 1.807) is 6.07 Å². The third-order valence-corrected chi connectivity index (χ3v) is 4.49. The number of carbonyl (C=O) groups is 3. The Hall–Kier alpha value is -2.97. The molecule has 3 amide bonds. The lowest BCUT2D eigenvalue weighted by Crippen LogP contribution is -2.33. The van der Waals surface area contributed by atoms with Crippen molar-refractivity contribution < 1.29 is 19.3 Å². The Morgan fingerprint density at radius 3 is 2.56 bits per heavy atom. The first kappa shape index (κ1) is 18.8. The van der Waals surface area contributed by atoms with Gasteiger partial charge in [0.2, 0.25) is 5.91 Å². The van der Waals surface area contributed by atoms with Crippen LogP contribution in [0.5, 0.6) is 0 Å². The number of nitro groups is 1. The standard InChI is InChI=1S/C17H11Cl2N3O5/c18-9-4-5-12(11(19)8-9)20-14(23)6-7-21-16(24)10-2-1-3-13(22(26)27)15(10)17(21)25/h1-5,8H,6-7H2,(H,20,23). The molecule has 0 aliphatic carbocycles. The van der Waals surface area contributed by atoms with E-state index in [9.17, 15) is 24.5 Å². The van der Waals surface area contributed by atoms with Crippen molar-refractivity contribution in [2.75, 3.05) is 11.9 Å². The number of fused-ring (bicyclic) bond motifs is 1. The zero-order chi connectivity index (χ0) is 19.7. The summed E-state index contributed by atoms with van der Waals surface area (Å²) in [6.07, 6.45) is -0.196. The summed E-state index contributed by atoms with van der Waals surface area (Å²) < 4.78 is 0. The molecule has 8 nitrogen and oxygen atoms in total. The summed E-state index contributed by atoms with van der Waals surface area (Å²) in [4.78, 5) is 48.1. The summed E-state index contributed by atoms with van der Waals surface area (Å²) in [5, 5.41) is 14.3. The van der Waals surface area contributed by atoms with Crippen LogP contribution in [0.15, 0.2) is 36.4 Å². The molecular formula is C17H11Cl2N3O5. The van der Waals surface area contributed by atoms with E-state index >= 15 is 0 Å². The topological polar surface area (TPSA) is 110 Å². The van der Waals surface area contributed by atoms with E-state index in [-0.39, 0.29) is 29.1 Å². The molecule has 0 bridgehead atoms. The number of benzene rings is 2. The Morgan fingerprint density at radius 1 is 1.15 bits per heavy atom. The molecule has 1 heterocycles. The van der Waals surface area contributed by atoms with E-state index in [0.717, 1.165) is 11.0 Å². The zero-order valence-corrected chi connectivity index (χ0v) is 15.1. The van der Waals surface area contributed by atoms with E-state index in [0.29, 0.717) is 10.7 Å². The fraction of sp³-hybridized carbons (Fsp3) is 0.118. The van der Waals surface area contributed by atoms with Crippen molar-refractivity contribution in [2.45, 2.75) is 6.42 Å². The highest BCUT2D eigenvalue weighted by Gasteiger charge is 2.40. The molecule has 0 aromatic heterocycles. The first-order valence-electron chi connectivity index (χ1n) is 7.68. The third-order valence-electron chi connectivity index (χ3n) is 3.94. The predicted molar refractivity (Wildman–Crippen MR) is 98.2 cm³/mol. The van der Waals surface area contributed by atoms with Crippen molar-refractivity contribution >= 4 is 52.3 Å². The van der Waals surface area contributed by atoms with Gasteiger partial charge in [0.05, 0.1) is 21.2 Å². The van der Waals surface area contributed by atoms with Gasteiger partial charge in [-0.3, -0.25) is 29.4 Å². The number of hydrogen-bond donors (Lipinski definition) is 1. The lowest BCUT2D eigenvalue weighted by atomic mass is 10.1. The number of nitro benzene ring substituents is 1. The van der Waals surface area contributed by atoms with Crippen molar-refractivity contribution in [1.29, 1.82) is 0 Å². The summed E-state index contributed by atoms with van der Waals surface area (Å²) >= 11 is 11.8. The fourth-order valence-corrected chi connectivity index (χ4v) is 3.14. The number of hydrogen-bond acceptors (Lipinski definition) is 5. The number of imide groups is 1. The third kappa shape index (κ3) is 3.62. The maximum Gasteiger partial charge on any atom is 0.282 e. The average molecular weight is 408 g/mol. The van der Waals surface area contributed by atoms with Crippen LogP contribution < -0.4 is 5.32 Å². The van der Waals surface area contributed by atoms with Crippen molar-refractivity contribution in [3.63, 3.8) is 0 Å². The molecule has 138 valence electrons. The minimum atomic E-state index is -0.792. The average Bonchev–Trinajstić information content (AvgIpc) is 2.86. The molecule has 0 atom stereocenters. The molecule has 0 unspecified atom stereocenters. The highest BCUT2D eigenvalue weighted by Crippen LogP contribution is 2.31. The molecule has 3 rings (SSSR count). The van der Waals surface area contributed by atoms with Gasteiger partial charge in [0, 0.05) is 24.1 Å². The van der Waals surface area contributed by atoms with Gasteiger partial charge in [-0.1, -0.05) is 29.3 Å². The molecule has 0 saturated heterocycles. The van der Waals surface area contributed by atoms with Gasteiger partial charge in [-0.2, -0.15) is 0 Å². The van der Waals surface area contributed by atoms with E-state index < -0.39 is 28.3 Å². The van der Waals surface area contributed by atoms with Gasteiger partial charge in [0.15, 0.2) is 0 Å². The second-order valence-electron chi connectivity index (χ2n) is 5.64. The summed E-state index contributed by atoms with van der Waals surface area (Å²) in [6, 6.07) is 8.36. The van der Waals surface area contributed by atoms with E-state index in [2.05, 4.69) is 5.32 Å². The smallest absolute Gasteiger partial charge is 0.282 e. The molecule has 27 heavy (non-hydrogen) atoms. The fourth-order valence-electron chi connectivity index (χ4n) is 2.69. The molecule has 1 aliphatic heterocycles. The quantitative estimate of drug-likeness (QED) is 0.463. The van der Waals surface area contributed by atoms with Crippen molar-refractivity contribution in [2.24, 2.45) is 0 Å². The molecule has 0 radical (unpaired) electrons. The Bertz CT molecular complexity index is 993. The molecule has 2 aromatic carbocycles. The lowest BCUT2D eigenvalue weighted by molar-refractivity contribution is -0.385. The lowest BCUT2D eigenvalue weighted by Gasteiger charge is -2.13. The van der Waals surface area contributed by atoms with Gasteiger partial charge in [0.1, 0.15) is 5.56 Å². The molecule has 1 N–H and O–H groups in total. The zero-order valence-electron chi connectivity index (χ0n) is 13.6. The van der Waals surface area contributed by atoms with E-state index in [1.165, 1.54) is 24.3 Å². The van der Waals surface area contributed by atoms with Gasteiger partial charge in [-0.25, -0.2) is 0 Å².